The van der Waals surface area contributed by atoms with Crippen LogP contribution < -0.4 is 0 Å². The molecular formula is C18H21N5O2S. The molecule has 0 aromatic carbocycles. The van der Waals surface area contributed by atoms with E-state index in [0.717, 1.165) is 29.1 Å². The number of aryl methyl sites for hydroxylation is 1. The van der Waals surface area contributed by atoms with Gasteiger partial charge in [-0.2, -0.15) is 0 Å². The highest BCUT2D eigenvalue weighted by Crippen LogP contribution is 2.22. The van der Waals surface area contributed by atoms with Gasteiger partial charge in [-0.3, -0.25) is 14.9 Å². The molecule has 26 heavy (non-hydrogen) atoms. The van der Waals surface area contributed by atoms with Crippen molar-refractivity contribution in [1.82, 2.24) is 24.7 Å². The number of aromatic amines is 1. The molecule has 0 atom stereocenters. The van der Waals surface area contributed by atoms with Crippen molar-refractivity contribution in [3.63, 3.8) is 0 Å². The lowest BCUT2D eigenvalue weighted by molar-refractivity contribution is 0.102. The summed E-state index contributed by atoms with van der Waals surface area (Å²) in [5.41, 5.74) is 3.69. The van der Waals surface area contributed by atoms with Crippen LogP contribution in [0.4, 0.5) is 0 Å². The zero-order valence-electron chi connectivity index (χ0n) is 15.0. The second kappa shape index (κ2) is 8.29. The monoisotopic (exact) mass is 371 g/mol. The first-order chi connectivity index (χ1) is 12.6. The Bertz CT molecular complexity index is 888. The molecule has 0 aliphatic carbocycles. The number of hydrogen-bond acceptors (Lipinski definition) is 6. The van der Waals surface area contributed by atoms with Crippen LogP contribution in [-0.2, 0) is 11.3 Å². The standard InChI is InChI=1S/C18H21N5O2S/c1-12-10-15(13(2)23(12)8-9-25-3)16(24)11-26-18-20-17(21-22-18)14-4-6-19-7-5-14/h4-7,10H,8-9,11H2,1-3H3,(H,20,21,22). The first-order valence-electron chi connectivity index (χ1n) is 8.24. The lowest BCUT2D eigenvalue weighted by Crippen LogP contribution is -2.09. The highest BCUT2D eigenvalue weighted by Gasteiger charge is 2.17. The predicted octanol–water partition coefficient (Wildman–Crippen LogP) is 2.91. The van der Waals surface area contributed by atoms with Gasteiger partial charge in [-0.1, -0.05) is 11.8 Å². The molecule has 0 bridgehead atoms. The second-order valence-electron chi connectivity index (χ2n) is 5.84. The van der Waals surface area contributed by atoms with Crippen LogP contribution in [-0.4, -0.2) is 50.0 Å². The number of ether oxygens (including phenoxy) is 1. The average molecular weight is 371 g/mol. The van der Waals surface area contributed by atoms with Gasteiger partial charge in [0.15, 0.2) is 11.6 Å². The molecule has 0 radical (unpaired) electrons. The Hall–Kier alpha value is -2.45. The van der Waals surface area contributed by atoms with Crippen LogP contribution in [0.5, 0.6) is 0 Å². The van der Waals surface area contributed by atoms with Crippen molar-refractivity contribution in [3.05, 3.63) is 47.5 Å². The molecule has 0 saturated carbocycles. The molecule has 0 aliphatic heterocycles. The summed E-state index contributed by atoms with van der Waals surface area (Å²) < 4.78 is 7.24. The maximum atomic E-state index is 12.6. The lowest BCUT2D eigenvalue weighted by Gasteiger charge is -2.08. The quantitative estimate of drug-likeness (QED) is 0.484. The van der Waals surface area contributed by atoms with Crippen molar-refractivity contribution in [2.45, 2.75) is 25.5 Å². The van der Waals surface area contributed by atoms with Crippen LogP contribution >= 0.6 is 11.8 Å². The molecule has 3 aromatic heterocycles. The number of ketones is 1. The molecule has 3 heterocycles. The van der Waals surface area contributed by atoms with Crippen molar-refractivity contribution in [2.75, 3.05) is 19.5 Å². The zero-order valence-corrected chi connectivity index (χ0v) is 15.8. The summed E-state index contributed by atoms with van der Waals surface area (Å²) in [5, 5.41) is 7.62. The summed E-state index contributed by atoms with van der Waals surface area (Å²) in [6, 6.07) is 5.65. The maximum Gasteiger partial charge on any atom is 0.209 e. The summed E-state index contributed by atoms with van der Waals surface area (Å²) in [6.07, 6.45) is 3.40. The Labute approximate surface area is 156 Å². The third-order valence-electron chi connectivity index (χ3n) is 4.14. The van der Waals surface area contributed by atoms with Crippen LogP contribution in [0.1, 0.15) is 21.7 Å². The molecular weight excluding hydrogens is 350 g/mol. The fraction of sp³-hybridized carbons (Fsp3) is 0.333. The minimum Gasteiger partial charge on any atom is -0.383 e. The van der Waals surface area contributed by atoms with Crippen molar-refractivity contribution >= 4 is 17.5 Å². The van der Waals surface area contributed by atoms with Gasteiger partial charge in [0.2, 0.25) is 5.16 Å². The largest absolute Gasteiger partial charge is 0.383 e. The van der Waals surface area contributed by atoms with E-state index < -0.39 is 0 Å². The Morgan fingerprint density at radius 3 is 2.81 bits per heavy atom. The lowest BCUT2D eigenvalue weighted by atomic mass is 10.2. The SMILES string of the molecule is COCCn1c(C)cc(C(=O)CSc2n[nH]c(-c3ccncc3)n2)c1C. The van der Waals surface area contributed by atoms with Gasteiger partial charge in [0, 0.05) is 48.6 Å². The van der Waals surface area contributed by atoms with Gasteiger partial charge in [0.05, 0.1) is 12.4 Å². The number of nitrogens with one attached hydrogen (secondary N) is 1. The third-order valence-corrected chi connectivity index (χ3v) is 4.99. The van der Waals surface area contributed by atoms with Crippen molar-refractivity contribution in [2.24, 2.45) is 0 Å². The van der Waals surface area contributed by atoms with Crippen LogP contribution in [0.25, 0.3) is 11.4 Å². The first kappa shape index (κ1) is 18.3. The van der Waals surface area contributed by atoms with E-state index in [0.29, 0.717) is 23.3 Å². The summed E-state index contributed by atoms with van der Waals surface area (Å²) in [4.78, 5) is 21.0. The summed E-state index contributed by atoms with van der Waals surface area (Å²) >= 11 is 1.33. The van der Waals surface area contributed by atoms with Gasteiger partial charge < -0.3 is 9.30 Å². The Kier molecular flexibility index (Phi) is 5.85. The van der Waals surface area contributed by atoms with E-state index in [2.05, 4.69) is 24.7 Å². The minimum atomic E-state index is 0.0713. The summed E-state index contributed by atoms with van der Waals surface area (Å²) in [6.45, 7) is 5.33. The molecule has 0 unspecified atom stereocenters. The number of thioether (sulfide) groups is 1. The first-order valence-corrected chi connectivity index (χ1v) is 9.23. The van der Waals surface area contributed by atoms with E-state index in [1.54, 1.807) is 19.5 Å². The minimum absolute atomic E-state index is 0.0713. The van der Waals surface area contributed by atoms with Gasteiger partial charge in [0.1, 0.15) is 0 Å². The summed E-state index contributed by atoms with van der Waals surface area (Å²) in [5.74, 6) is 1.03. The van der Waals surface area contributed by atoms with Crippen molar-refractivity contribution in [3.8, 4) is 11.4 Å². The molecule has 0 amide bonds. The van der Waals surface area contributed by atoms with E-state index in [1.807, 2.05) is 32.0 Å². The predicted molar refractivity (Wildman–Crippen MR) is 100 cm³/mol. The fourth-order valence-corrected chi connectivity index (χ4v) is 3.45. The van der Waals surface area contributed by atoms with Crippen LogP contribution in [0.2, 0.25) is 0 Å². The van der Waals surface area contributed by atoms with Gasteiger partial charge in [-0.05, 0) is 32.0 Å². The van der Waals surface area contributed by atoms with E-state index in [4.69, 9.17) is 4.74 Å². The van der Waals surface area contributed by atoms with E-state index in [-0.39, 0.29) is 5.78 Å². The van der Waals surface area contributed by atoms with Gasteiger partial charge >= 0.3 is 0 Å². The van der Waals surface area contributed by atoms with Gasteiger partial charge in [-0.15, -0.1) is 5.10 Å². The van der Waals surface area contributed by atoms with Crippen LogP contribution in [0, 0.1) is 13.8 Å². The maximum absolute atomic E-state index is 12.6. The number of rotatable bonds is 8. The topological polar surface area (TPSA) is 85.7 Å². The van der Waals surface area contributed by atoms with Crippen LogP contribution in [0.3, 0.4) is 0 Å². The second-order valence-corrected chi connectivity index (χ2v) is 6.79. The van der Waals surface area contributed by atoms with Gasteiger partial charge in [-0.25, -0.2) is 4.98 Å². The normalized spacial score (nSPS) is 11.0. The number of hydrogen-bond donors (Lipinski definition) is 1. The van der Waals surface area contributed by atoms with Crippen molar-refractivity contribution < 1.29 is 9.53 Å². The third kappa shape index (κ3) is 4.03. The molecule has 0 spiro atoms. The average Bonchev–Trinajstić information content (AvgIpc) is 3.24. The van der Waals surface area contributed by atoms with E-state index in [1.165, 1.54) is 11.8 Å². The molecule has 0 saturated heterocycles. The summed E-state index contributed by atoms with van der Waals surface area (Å²) in [7, 11) is 1.67. The fourth-order valence-electron chi connectivity index (χ4n) is 2.77. The zero-order chi connectivity index (χ0) is 18.5. The number of nitrogens with zero attached hydrogens (tertiary/aromatic N) is 4. The Balaban J connectivity index is 1.65. The van der Waals surface area contributed by atoms with E-state index >= 15 is 0 Å². The number of Topliss-reactive ketones (excluding diaryl/α,β-unsaturated/α-hetero) is 1. The number of carbonyl (C=O) groups excluding carboxylic acids is 1. The smallest absolute Gasteiger partial charge is 0.209 e. The highest BCUT2D eigenvalue weighted by atomic mass is 32.2. The number of pyridine rings is 1. The number of carbonyl (C=O) groups is 1. The molecule has 1 N–H and O–H groups in total. The number of aromatic nitrogens is 5. The van der Waals surface area contributed by atoms with Crippen LogP contribution in [0.15, 0.2) is 35.7 Å². The molecule has 0 aliphatic rings. The van der Waals surface area contributed by atoms with E-state index in [9.17, 15) is 4.79 Å². The van der Waals surface area contributed by atoms with Gasteiger partial charge in [0.25, 0.3) is 0 Å². The number of H-pyrrole nitrogens is 1. The molecule has 8 heteroatoms. The molecule has 7 nitrogen and oxygen atoms in total. The Morgan fingerprint density at radius 1 is 1.31 bits per heavy atom. The molecule has 3 aromatic rings. The molecule has 0 fully saturated rings. The Morgan fingerprint density at radius 2 is 2.08 bits per heavy atom. The highest BCUT2D eigenvalue weighted by molar-refractivity contribution is 7.99. The van der Waals surface area contributed by atoms with Crippen molar-refractivity contribution in [1.29, 1.82) is 0 Å². The number of methoxy groups -OCH3 is 1. The molecule has 3 rings (SSSR count). The molecule has 136 valence electrons.